The topological polar surface area (TPSA) is 12.0 Å². The number of nitrogens with one attached hydrogen (secondary N) is 1. The van der Waals surface area contributed by atoms with E-state index >= 15 is 0 Å². The summed E-state index contributed by atoms with van der Waals surface area (Å²) >= 11 is 5.08. The monoisotopic (exact) mass is 341 g/mol. The van der Waals surface area contributed by atoms with Crippen LogP contribution in [0.1, 0.15) is 28.3 Å². The Balaban J connectivity index is 2.18. The van der Waals surface area contributed by atoms with Gasteiger partial charge in [0.15, 0.2) is 0 Å². The zero-order valence-corrected chi connectivity index (χ0v) is 13.4. The van der Waals surface area contributed by atoms with Gasteiger partial charge in [-0.1, -0.05) is 28.9 Å². The Labute approximate surface area is 126 Å². The Morgan fingerprint density at radius 1 is 1.32 bits per heavy atom. The van der Waals surface area contributed by atoms with Gasteiger partial charge in [-0.05, 0) is 49.7 Å². The number of rotatable bonds is 5. The summed E-state index contributed by atoms with van der Waals surface area (Å²) in [4.78, 5) is 2.63. The van der Waals surface area contributed by atoms with Gasteiger partial charge in [0, 0.05) is 20.3 Å². The molecular weight excluding hydrogens is 325 g/mol. The van der Waals surface area contributed by atoms with Crippen LogP contribution in [0, 0.1) is 5.82 Å². The van der Waals surface area contributed by atoms with Gasteiger partial charge in [-0.3, -0.25) is 0 Å². The van der Waals surface area contributed by atoms with Crippen molar-refractivity contribution in [3.8, 4) is 0 Å². The maximum absolute atomic E-state index is 13.9. The lowest BCUT2D eigenvalue weighted by molar-refractivity contribution is 0.559. The molecule has 1 aromatic heterocycles. The summed E-state index contributed by atoms with van der Waals surface area (Å²) < 4.78 is 14.7. The minimum Gasteiger partial charge on any atom is -0.312 e. The first-order valence-corrected chi connectivity index (χ1v) is 7.94. The standard InChI is InChI=1S/C15H17BrFNS/c1-3-12-6-7-15(19-12)14(18-2)8-10-4-5-11(16)9-13(10)17/h4-7,9,14,18H,3,8H2,1-2H3. The van der Waals surface area contributed by atoms with Crippen LogP contribution in [0.15, 0.2) is 34.8 Å². The highest BCUT2D eigenvalue weighted by atomic mass is 79.9. The number of likely N-dealkylation sites (N-methyl/N-ethyl adjacent to an activating group) is 1. The number of thiophene rings is 1. The molecular formula is C15H17BrFNS. The molecule has 0 aliphatic carbocycles. The van der Waals surface area contributed by atoms with Crippen molar-refractivity contribution in [2.75, 3.05) is 7.05 Å². The van der Waals surface area contributed by atoms with Crippen molar-refractivity contribution in [1.82, 2.24) is 5.32 Å². The molecule has 0 aliphatic heterocycles. The quantitative estimate of drug-likeness (QED) is 0.829. The first-order valence-electron chi connectivity index (χ1n) is 6.33. The molecule has 1 N–H and O–H groups in total. The highest BCUT2D eigenvalue weighted by Gasteiger charge is 2.14. The second-order valence-electron chi connectivity index (χ2n) is 4.44. The minimum atomic E-state index is -0.151. The lowest BCUT2D eigenvalue weighted by Crippen LogP contribution is -2.18. The second-order valence-corrected chi connectivity index (χ2v) is 6.55. The van der Waals surface area contributed by atoms with E-state index in [0.29, 0.717) is 6.42 Å². The van der Waals surface area contributed by atoms with Crippen molar-refractivity contribution in [3.05, 3.63) is 55.9 Å². The summed E-state index contributed by atoms with van der Waals surface area (Å²) in [6, 6.07) is 9.72. The van der Waals surface area contributed by atoms with E-state index in [0.717, 1.165) is 16.5 Å². The normalized spacial score (nSPS) is 12.6. The smallest absolute Gasteiger partial charge is 0.127 e. The molecule has 0 fully saturated rings. The summed E-state index contributed by atoms with van der Waals surface area (Å²) in [5.74, 6) is -0.151. The maximum atomic E-state index is 13.9. The van der Waals surface area contributed by atoms with Crippen LogP contribution < -0.4 is 5.32 Å². The lowest BCUT2D eigenvalue weighted by atomic mass is 10.0. The molecule has 2 rings (SSSR count). The third kappa shape index (κ3) is 3.65. The number of aryl methyl sites for hydroxylation is 1. The van der Waals surface area contributed by atoms with Crippen molar-refractivity contribution in [3.63, 3.8) is 0 Å². The van der Waals surface area contributed by atoms with Crippen LogP contribution in [0.4, 0.5) is 4.39 Å². The molecule has 1 aromatic carbocycles. The first-order chi connectivity index (χ1) is 9.13. The van der Waals surface area contributed by atoms with Gasteiger partial charge in [0.1, 0.15) is 5.82 Å². The molecule has 0 aliphatic rings. The number of halogens is 2. The van der Waals surface area contributed by atoms with Gasteiger partial charge in [-0.2, -0.15) is 0 Å². The number of hydrogen-bond acceptors (Lipinski definition) is 2. The van der Waals surface area contributed by atoms with Gasteiger partial charge >= 0.3 is 0 Å². The zero-order chi connectivity index (χ0) is 13.8. The molecule has 4 heteroatoms. The van der Waals surface area contributed by atoms with Gasteiger partial charge in [0.25, 0.3) is 0 Å². The van der Waals surface area contributed by atoms with Gasteiger partial charge in [-0.15, -0.1) is 11.3 Å². The minimum absolute atomic E-state index is 0.151. The molecule has 1 atom stereocenters. The molecule has 0 bridgehead atoms. The van der Waals surface area contributed by atoms with E-state index in [1.165, 1.54) is 15.8 Å². The van der Waals surface area contributed by atoms with Gasteiger partial charge < -0.3 is 5.32 Å². The third-order valence-corrected chi connectivity index (χ3v) is 5.00. The first kappa shape index (κ1) is 14.7. The van der Waals surface area contributed by atoms with Crippen molar-refractivity contribution in [2.24, 2.45) is 0 Å². The van der Waals surface area contributed by atoms with Crippen LogP contribution >= 0.6 is 27.3 Å². The molecule has 0 saturated heterocycles. The lowest BCUT2D eigenvalue weighted by Gasteiger charge is -2.15. The van der Waals surface area contributed by atoms with Crippen molar-refractivity contribution in [1.29, 1.82) is 0 Å². The number of benzene rings is 1. The van der Waals surface area contributed by atoms with E-state index in [-0.39, 0.29) is 11.9 Å². The van der Waals surface area contributed by atoms with Crippen LogP contribution in [-0.4, -0.2) is 7.05 Å². The van der Waals surface area contributed by atoms with Crippen LogP contribution in [0.2, 0.25) is 0 Å². The number of hydrogen-bond donors (Lipinski definition) is 1. The van der Waals surface area contributed by atoms with Crippen LogP contribution in [0.3, 0.4) is 0 Å². The van der Waals surface area contributed by atoms with E-state index in [9.17, 15) is 4.39 Å². The summed E-state index contributed by atoms with van der Waals surface area (Å²) in [5.41, 5.74) is 0.744. The molecule has 0 saturated carbocycles. The highest BCUT2D eigenvalue weighted by Crippen LogP contribution is 2.27. The van der Waals surface area contributed by atoms with E-state index in [4.69, 9.17) is 0 Å². The fourth-order valence-electron chi connectivity index (χ4n) is 2.02. The second kappa shape index (κ2) is 6.64. The predicted octanol–water partition coefficient (Wildman–Crippen LogP) is 4.72. The Bertz CT molecular complexity index is 553. The van der Waals surface area contributed by atoms with E-state index < -0.39 is 0 Å². The molecule has 2 aromatic rings. The van der Waals surface area contributed by atoms with Crippen LogP contribution in [0.5, 0.6) is 0 Å². The van der Waals surface area contributed by atoms with E-state index in [1.54, 1.807) is 11.3 Å². The Morgan fingerprint density at radius 3 is 2.68 bits per heavy atom. The van der Waals surface area contributed by atoms with Crippen LogP contribution in [-0.2, 0) is 12.8 Å². The van der Waals surface area contributed by atoms with Gasteiger partial charge in [-0.25, -0.2) is 4.39 Å². The summed E-state index contributed by atoms with van der Waals surface area (Å²) in [7, 11) is 1.92. The third-order valence-electron chi connectivity index (χ3n) is 3.16. The molecule has 102 valence electrons. The highest BCUT2D eigenvalue weighted by molar-refractivity contribution is 9.10. The van der Waals surface area contributed by atoms with E-state index in [2.05, 4.69) is 40.3 Å². The molecule has 0 amide bonds. The molecule has 1 unspecified atom stereocenters. The molecule has 0 radical (unpaired) electrons. The molecule has 19 heavy (non-hydrogen) atoms. The van der Waals surface area contributed by atoms with E-state index in [1.807, 2.05) is 19.2 Å². The van der Waals surface area contributed by atoms with Gasteiger partial charge in [0.05, 0.1) is 0 Å². The average molecular weight is 342 g/mol. The molecule has 1 heterocycles. The molecule has 0 spiro atoms. The Morgan fingerprint density at radius 2 is 2.11 bits per heavy atom. The summed E-state index contributed by atoms with van der Waals surface area (Å²) in [6.45, 7) is 2.15. The van der Waals surface area contributed by atoms with Crippen molar-refractivity contribution >= 4 is 27.3 Å². The Kier molecular flexibility index (Phi) is 5.13. The Hall–Kier alpha value is -0.710. The van der Waals surface area contributed by atoms with Crippen molar-refractivity contribution < 1.29 is 4.39 Å². The zero-order valence-electron chi connectivity index (χ0n) is 11.0. The fourth-order valence-corrected chi connectivity index (χ4v) is 3.42. The van der Waals surface area contributed by atoms with Gasteiger partial charge in [0.2, 0.25) is 0 Å². The SMILES string of the molecule is CCc1ccc(C(Cc2ccc(Br)cc2F)NC)s1. The fraction of sp³-hybridized carbons (Fsp3) is 0.333. The van der Waals surface area contributed by atoms with Crippen molar-refractivity contribution in [2.45, 2.75) is 25.8 Å². The van der Waals surface area contributed by atoms with Crippen LogP contribution in [0.25, 0.3) is 0 Å². The predicted molar refractivity (Wildman–Crippen MR) is 83.3 cm³/mol. The summed E-state index contributed by atoms with van der Waals surface area (Å²) in [5, 5.41) is 3.28. The largest absolute Gasteiger partial charge is 0.312 e. The maximum Gasteiger partial charge on any atom is 0.127 e. The summed E-state index contributed by atoms with van der Waals surface area (Å²) in [6.07, 6.45) is 1.72. The average Bonchev–Trinajstić information content (AvgIpc) is 2.86. The molecule has 1 nitrogen and oxygen atoms in total.